The Bertz CT molecular complexity index is 1620. The number of anilines is 2. The molecule has 4 rings (SSSR count). The summed E-state index contributed by atoms with van der Waals surface area (Å²) >= 11 is 0. The lowest BCUT2D eigenvalue weighted by atomic mass is 9.86. The molecule has 0 bridgehead atoms. The Balaban J connectivity index is 2.25. The Labute approximate surface area is 300 Å². The van der Waals surface area contributed by atoms with Gasteiger partial charge in [0.2, 0.25) is 0 Å². The lowest BCUT2D eigenvalue weighted by Gasteiger charge is -2.35. The van der Waals surface area contributed by atoms with E-state index in [-0.39, 0.29) is 41.3 Å². The molecule has 1 aliphatic heterocycles. The van der Waals surface area contributed by atoms with Gasteiger partial charge in [0.05, 0.1) is 11.1 Å². The Hall–Kier alpha value is -3.62. The zero-order valence-electron chi connectivity index (χ0n) is 32.0. The minimum absolute atomic E-state index is 0.00397. The molecule has 1 fully saturated rings. The minimum atomic E-state index is -5.03. The molecule has 51 heavy (non-hydrogen) atoms. The molecule has 0 unspecified atom stereocenters. The fraction of sp³-hybridized carbons (Fsp3) is 0.524. The summed E-state index contributed by atoms with van der Waals surface area (Å²) in [6.45, 7) is 25.4. The average Bonchev–Trinajstić information content (AvgIpc) is 3.45. The van der Waals surface area contributed by atoms with Gasteiger partial charge < -0.3 is 14.9 Å². The molecule has 3 aromatic rings. The molecule has 3 nitrogen and oxygen atoms in total. The molecule has 280 valence electrons. The molecule has 9 heteroatoms. The van der Waals surface area contributed by atoms with Crippen LogP contribution in [0.15, 0.2) is 48.3 Å². The summed E-state index contributed by atoms with van der Waals surface area (Å²) < 4.78 is 86.2. The van der Waals surface area contributed by atoms with E-state index in [0.717, 1.165) is 44.8 Å². The van der Waals surface area contributed by atoms with Gasteiger partial charge in [0.1, 0.15) is 0 Å². The predicted octanol–water partition coefficient (Wildman–Crippen LogP) is 13.7. The van der Waals surface area contributed by atoms with Gasteiger partial charge in [-0.1, -0.05) is 107 Å². The second kappa shape index (κ2) is 14.8. The smallest absolute Gasteiger partial charge is 0.417 e. The highest BCUT2D eigenvalue weighted by atomic mass is 19.4. The molecule has 0 saturated carbocycles. The Morgan fingerprint density at radius 2 is 0.882 bits per heavy atom. The first-order valence-corrected chi connectivity index (χ1v) is 18.1. The van der Waals surface area contributed by atoms with E-state index in [9.17, 15) is 31.4 Å². The zero-order valence-corrected chi connectivity index (χ0v) is 32.0. The largest absolute Gasteiger partial charge is 0.504 e. The maximum absolute atomic E-state index is 14.6. The molecule has 1 aliphatic rings. The summed E-state index contributed by atoms with van der Waals surface area (Å²) in [6.07, 6.45) is -9.96. The van der Waals surface area contributed by atoms with Gasteiger partial charge in [0.15, 0.2) is 11.6 Å². The van der Waals surface area contributed by atoms with Crippen LogP contribution in [0.2, 0.25) is 0 Å². The second-order valence-corrected chi connectivity index (χ2v) is 15.8. The van der Waals surface area contributed by atoms with E-state index in [1.54, 1.807) is 0 Å². The monoisotopic (exact) mass is 716 g/mol. The van der Waals surface area contributed by atoms with Crippen molar-refractivity contribution in [3.8, 4) is 0 Å². The van der Waals surface area contributed by atoms with Crippen molar-refractivity contribution in [1.29, 1.82) is 0 Å². The highest BCUT2D eigenvalue weighted by Crippen LogP contribution is 2.48. The standard InChI is InChI=1S/C42H54F6N2O/c1-22(2)28-17-31(24(5)6)37(32(18-28)25(7)8)49-15-16-50(38-33(26(9)10)19-29(23(3)4)20-34(38)27(11)12)40(49)39(51)35-21-30(41(43,44)45)13-14-36(35)42(46,47)48/h13-14,17-27,51H,15-16H2,1-12H3. The molecule has 0 radical (unpaired) electrons. The number of aliphatic hydroxyl groups excluding tert-OH is 1. The molecular formula is C42H54F6N2O. The highest BCUT2D eigenvalue weighted by molar-refractivity contribution is 5.82. The molecule has 0 atom stereocenters. The molecule has 0 amide bonds. The van der Waals surface area contributed by atoms with Gasteiger partial charge in [0, 0.05) is 30.0 Å². The number of alkyl halides is 6. The summed E-state index contributed by atoms with van der Waals surface area (Å²) in [5.41, 5.74) is 4.09. The number of nitrogens with zero attached hydrogens (tertiary/aromatic N) is 2. The number of hydrogen-bond acceptors (Lipinski definition) is 3. The Kier molecular flexibility index (Phi) is 11.6. The van der Waals surface area contributed by atoms with E-state index < -0.39 is 34.8 Å². The predicted molar refractivity (Wildman–Crippen MR) is 198 cm³/mol. The van der Waals surface area contributed by atoms with Crippen LogP contribution < -0.4 is 9.80 Å². The third-order valence-corrected chi connectivity index (χ3v) is 9.92. The summed E-state index contributed by atoms with van der Waals surface area (Å²) in [5, 5.41) is 12.4. The van der Waals surface area contributed by atoms with E-state index in [2.05, 4.69) is 107 Å². The van der Waals surface area contributed by atoms with Gasteiger partial charge in [-0.3, -0.25) is 0 Å². The van der Waals surface area contributed by atoms with Gasteiger partial charge in [0.25, 0.3) is 0 Å². The van der Waals surface area contributed by atoms with Crippen LogP contribution >= 0.6 is 0 Å². The molecule has 1 N–H and O–H groups in total. The van der Waals surface area contributed by atoms with Crippen molar-refractivity contribution < 1.29 is 31.4 Å². The van der Waals surface area contributed by atoms with E-state index in [1.165, 1.54) is 0 Å². The number of halogens is 6. The first-order valence-electron chi connectivity index (χ1n) is 18.1. The van der Waals surface area contributed by atoms with Gasteiger partial charge >= 0.3 is 12.4 Å². The van der Waals surface area contributed by atoms with Crippen molar-refractivity contribution in [1.82, 2.24) is 0 Å². The van der Waals surface area contributed by atoms with Crippen molar-refractivity contribution in [3.63, 3.8) is 0 Å². The van der Waals surface area contributed by atoms with Crippen LogP contribution in [0.3, 0.4) is 0 Å². The van der Waals surface area contributed by atoms with Crippen LogP contribution in [0.25, 0.3) is 5.76 Å². The first kappa shape index (κ1) is 40.2. The Morgan fingerprint density at radius 3 is 1.16 bits per heavy atom. The van der Waals surface area contributed by atoms with E-state index in [4.69, 9.17) is 0 Å². The van der Waals surface area contributed by atoms with Crippen molar-refractivity contribution >= 4 is 17.1 Å². The van der Waals surface area contributed by atoms with Crippen LogP contribution in [-0.2, 0) is 12.4 Å². The molecule has 0 aliphatic carbocycles. The van der Waals surface area contributed by atoms with Crippen LogP contribution in [-0.4, -0.2) is 18.2 Å². The summed E-state index contributed by atoms with van der Waals surface area (Å²) in [6, 6.07) is 9.76. The van der Waals surface area contributed by atoms with Crippen LogP contribution in [0, 0.1) is 0 Å². The van der Waals surface area contributed by atoms with Crippen LogP contribution in [0.4, 0.5) is 37.7 Å². The molecule has 0 spiro atoms. The first-order chi connectivity index (χ1) is 23.5. The molecule has 1 heterocycles. The lowest BCUT2D eigenvalue weighted by molar-refractivity contribution is -0.141. The quantitative estimate of drug-likeness (QED) is 0.176. The topological polar surface area (TPSA) is 26.7 Å². The third-order valence-electron chi connectivity index (χ3n) is 9.92. The van der Waals surface area contributed by atoms with Crippen LogP contribution in [0.5, 0.6) is 0 Å². The molecule has 3 aromatic carbocycles. The second-order valence-electron chi connectivity index (χ2n) is 15.8. The Morgan fingerprint density at radius 1 is 0.529 bits per heavy atom. The van der Waals surface area contributed by atoms with E-state index >= 15 is 0 Å². The number of aliphatic hydroxyl groups is 1. The van der Waals surface area contributed by atoms with Gasteiger partial charge in [-0.15, -0.1) is 0 Å². The van der Waals surface area contributed by atoms with E-state index in [0.29, 0.717) is 31.3 Å². The summed E-state index contributed by atoms with van der Waals surface area (Å²) in [5.74, 6) is -0.414. The summed E-state index contributed by atoms with van der Waals surface area (Å²) in [4.78, 5) is 3.71. The molecular weight excluding hydrogens is 662 g/mol. The highest BCUT2D eigenvalue weighted by Gasteiger charge is 2.42. The fourth-order valence-electron chi connectivity index (χ4n) is 6.99. The van der Waals surface area contributed by atoms with Crippen molar-refractivity contribution in [2.24, 2.45) is 0 Å². The fourth-order valence-corrected chi connectivity index (χ4v) is 6.99. The van der Waals surface area contributed by atoms with Crippen molar-refractivity contribution in [2.75, 3.05) is 22.9 Å². The zero-order chi connectivity index (χ0) is 38.5. The number of rotatable bonds is 9. The maximum atomic E-state index is 14.6. The van der Waals surface area contributed by atoms with E-state index in [1.807, 2.05) is 9.80 Å². The maximum Gasteiger partial charge on any atom is 0.417 e. The SMILES string of the molecule is CC(C)c1cc(C(C)C)c(N2CCN(c3c(C(C)C)cc(C(C)C)cc3C(C)C)C2=C(O)c2cc(C(F)(F)F)ccc2C(F)(F)F)c(C(C)C)c1. The van der Waals surface area contributed by atoms with Crippen LogP contribution in [0.1, 0.15) is 169 Å². The van der Waals surface area contributed by atoms with Crippen molar-refractivity contribution in [3.05, 3.63) is 98.4 Å². The number of hydrogen-bond donors (Lipinski definition) is 1. The van der Waals surface area contributed by atoms with Gasteiger partial charge in [-0.2, -0.15) is 26.3 Å². The van der Waals surface area contributed by atoms with Gasteiger partial charge in [-0.25, -0.2) is 0 Å². The normalized spacial score (nSPS) is 14.5. The van der Waals surface area contributed by atoms with Crippen molar-refractivity contribution in [2.45, 2.75) is 131 Å². The minimum Gasteiger partial charge on any atom is -0.504 e. The van der Waals surface area contributed by atoms with Gasteiger partial charge in [-0.05, 0) is 87.1 Å². The lowest BCUT2D eigenvalue weighted by Crippen LogP contribution is -2.29. The third kappa shape index (κ3) is 8.07. The number of benzene rings is 3. The average molecular weight is 717 g/mol. The summed E-state index contributed by atoms with van der Waals surface area (Å²) in [7, 11) is 0. The molecule has 1 saturated heterocycles. The molecule has 0 aromatic heterocycles.